The molecule has 0 aliphatic heterocycles. The molecule has 2 aromatic heterocycles. The van der Waals surface area contributed by atoms with Crippen LogP contribution in [0.4, 0.5) is 10.2 Å². The summed E-state index contributed by atoms with van der Waals surface area (Å²) in [7, 11) is 0. The van der Waals surface area contributed by atoms with E-state index in [9.17, 15) is 9.18 Å². The number of amides is 1. The molecule has 1 aliphatic carbocycles. The summed E-state index contributed by atoms with van der Waals surface area (Å²) in [5.74, 6) is -0.00000509. The van der Waals surface area contributed by atoms with Crippen molar-refractivity contribution in [2.75, 3.05) is 5.32 Å². The molecule has 1 amide bonds. The fourth-order valence-electron chi connectivity index (χ4n) is 3.73. The Balaban J connectivity index is 1.47. The molecule has 2 heterocycles. The third kappa shape index (κ3) is 2.85. The Bertz CT molecular complexity index is 1170. The molecular formula is C23H18FN3O. The van der Waals surface area contributed by atoms with Gasteiger partial charge in [-0.05, 0) is 36.1 Å². The van der Waals surface area contributed by atoms with E-state index < -0.39 is 0 Å². The molecular weight excluding hydrogens is 353 g/mol. The van der Waals surface area contributed by atoms with Crippen molar-refractivity contribution in [2.24, 2.45) is 5.92 Å². The molecule has 28 heavy (non-hydrogen) atoms. The molecule has 1 aliphatic rings. The van der Waals surface area contributed by atoms with Crippen molar-refractivity contribution in [3.8, 4) is 11.3 Å². The molecule has 2 aromatic carbocycles. The number of aromatic nitrogens is 2. The van der Waals surface area contributed by atoms with Gasteiger partial charge >= 0.3 is 0 Å². The number of nitrogens with zero attached hydrogens (tertiary/aromatic N) is 2. The first kappa shape index (κ1) is 16.7. The largest absolute Gasteiger partial charge is 0.310 e. The van der Waals surface area contributed by atoms with Crippen LogP contribution in [0.15, 0.2) is 79.0 Å². The Morgan fingerprint density at radius 3 is 2.57 bits per heavy atom. The highest BCUT2D eigenvalue weighted by molar-refractivity contribution is 5.98. The van der Waals surface area contributed by atoms with E-state index in [1.54, 1.807) is 12.1 Å². The van der Waals surface area contributed by atoms with Crippen molar-refractivity contribution in [3.63, 3.8) is 0 Å². The quantitative estimate of drug-likeness (QED) is 0.556. The van der Waals surface area contributed by atoms with E-state index in [0.717, 1.165) is 16.9 Å². The topological polar surface area (TPSA) is 46.4 Å². The summed E-state index contributed by atoms with van der Waals surface area (Å²) < 4.78 is 15.9. The Morgan fingerprint density at radius 2 is 1.75 bits per heavy atom. The van der Waals surface area contributed by atoms with Crippen molar-refractivity contribution < 1.29 is 9.18 Å². The number of imidazole rings is 1. The molecule has 0 spiro atoms. The lowest BCUT2D eigenvalue weighted by molar-refractivity contribution is -0.117. The third-order valence-corrected chi connectivity index (χ3v) is 5.25. The molecule has 4 aromatic rings. The van der Waals surface area contributed by atoms with Crippen molar-refractivity contribution >= 4 is 17.4 Å². The van der Waals surface area contributed by atoms with Crippen molar-refractivity contribution in [2.45, 2.75) is 12.3 Å². The fraction of sp³-hybridized carbons (Fsp3) is 0.130. The van der Waals surface area contributed by atoms with E-state index in [4.69, 9.17) is 4.98 Å². The third-order valence-electron chi connectivity index (χ3n) is 5.25. The Kier molecular flexibility index (Phi) is 3.93. The molecule has 2 unspecified atom stereocenters. The number of carbonyl (C=O) groups is 1. The van der Waals surface area contributed by atoms with Gasteiger partial charge in [-0.25, -0.2) is 9.37 Å². The number of halogens is 1. The summed E-state index contributed by atoms with van der Waals surface area (Å²) >= 11 is 0. The first-order valence-electron chi connectivity index (χ1n) is 9.30. The van der Waals surface area contributed by atoms with Crippen LogP contribution in [0.2, 0.25) is 0 Å². The number of carbonyl (C=O) groups excluding carboxylic acids is 1. The number of hydrogen-bond acceptors (Lipinski definition) is 2. The highest BCUT2D eigenvalue weighted by Gasteiger charge is 2.45. The maximum atomic E-state index is 14.0. The van der Waals surface area contributed by atoms with Gasteiger partial charge in [-0.3, -0.25) is 9.20 Å². The van der Waals surface area contributed by atoms with E-state index in [0.29, 0.717) is 17.8 Å². The number of fused-ring (bicyclic) bond motifs is 1. The van der Waals surface area contributed by atoms with Crippen LogP contribution in [-0.4, -0.2) is 15.3 Å². The van der Waals surface area contributed by atoms with Gasteiger partial charge in [0.15, 0.2) is 0 Å². The van der Waals surface area contributed by atoms with Gasteiger partial charge in [-0.1, -0.05) is 54.6 Å². The Labute approximate surface area is 161 Å². The predicted molar refractivity (Wildman–Crippen MR) is 107 cm³/mol. The predicted octanol–water partition coefficient (Wildman–Crippen LogP) is 4.88. The smallest absolute Gasteiger partial charge is 0.229 e. The molecule has 2 atom stereocenters. The van der Waals surface area contributed by atoms with Crippen LogP contribution < -0.4 is 5.32 Å². The van der Waals surface area contributed by atoms with Crippen LogP contribution in [-0.2, 0) is 4.79 Å². The monoisotopic (exact) mass is 371 g/mol. The molecule has 1 saturated carbocycles. The normalized spacial score (nSPS) is 18.2. The van der Waals surface area contributed by atoms with Crippen LogP contribution in [0, 0.1) is 11.7 Å². The summed E-state index contributed by atoms with van der Waals surface area (Å²) in [4.78, 5) is 17.6. The van der Waals surface area contributed by atoms with Gasteiger partial charge in [0.25, 0.3) is 0 Å². The standard InChI is InChI=1S/C23H18FN3O/c24-19-11-5-4-10-16(19)17-14-18(17)23(28)26-22-21(15-8-2-1-3-9-15)25-20-12-6-7-13-27(20)22/h1-13,17-18H,14H2,(H,26,28). The second-order valence-corrected chi connectivity index (χ2v) is 7.06. The number of rotatable bonds is 4. The molecule has 1 fully saturated rings. The maximum absolute atomic E-state index is 14.0. The van der Waals surface area contributed by atoms with E-state index >= 15 is 0 Å². The minimum Gasteiger partial charge on any atom is -0.310 e. The molecule has 1 N–H and O–H groups in total. The molecule has 5 heteroatoms. The number of nitrogens with one attached hydrogen (secondary N) is 1. The van der Waals surface area contributed by atoms with Crippen LogP contribution in [0.5, 0.6) is 0 Å². The minimum atomic E-state index is -0.248. The molecule has 0 radical (unpaired) electrons. The maximum Gasteiger partial charge on any atom is 0.229 e. The van der Waals surface area contributed by atoms with Gasteiger partial charge in [0.2, 0.25) is 5.91 Å². The van der Waals surface area contributed by atoms with Gasteiger partial charge in [0.1, 0.15) is 23.0 Å². The summed E-state index contributed by atoms with van der Waals surface area (Å²) in [5.41, 5.74) is 3.04. The van der Waals surface area contributed by atoms with Gasteiger partial charge in [-0.2, -0.15) is 0 Å². The van der Waals surface area contributed by atoms with Gasteiger partial charge < -0.3 is 5.32 Å². The Hall–Kier alpha value is -3.47. The highest BCUT2D eigenvalue weighted by Crippen LogP contribution is 2.49. The lowest BCUT2D eigenvalue weighted by Gasteiger charge is -2.08. The summed E-state index contributed by atoms with van der Waals surface area (Å²) in [6, 6.07) is 22.2. The first-order valence-corrected chi connectivity index (χ1v) is 9.30. The van der Waals surface area contributed by atoms with Gasteiger partial charge in [-0.15, -0.1) is 0 Å². The summed E-state index contributed by atoms with van der Waals surface area (Å²) in [6.07, 6.45) is 2.54. The van der Waals surface area contributed by atoms with Crippen LogP contribution in [0.3, 0.4) is 0 Å². The second-order valence-electron chi connectivity index (χ2n) is 7.06. The SMILES string of the molecule is O=C(Nc1c(-c2ccccc2)nc2ccccn12)C1CC1c1ccccc1F. The zero-order valence-electron chi connectivity index (χ0n) is 15.0. The lowest BCUT2D eigenvalue weighted by Crippen LogP contribution is -2.16. The number of pyridine rings is 1. The average Bonchev–Trinajstić information content (AvgIpc) is 3.45. The molecule has 0 saturated heterocycles. The van der Waals surface area contributed by atoms with Crippen molar-refractivity contribution in [1.82, 2.24) is 9.38 Å². The summed E-state index contributed by atoms with van der Waals surface area (Å²) in [6.45, 7) is 0. The van der Waals surface area contributed by atoms with Crippen LogP contribution >= 0.6 is 0 Å². The van der Waals surface area contributed by atoms with Gasteiger partial charge in [0, 0.05) is 17.7 Å². The molecule has 4 nitrogen and oxygen atoms in total. The minimum absolute atomic E-state index is 0.0689. The van der Waals surface area contributed by atoms with Crippen LogP contribution in [0.25, 0.3) is 16.9 Å². The fourth-order valence-corrected chi connectivity index (χ4v) is 3.73. The first-order chi connectivity index (χ1) is 13.7. The zero-order chi connectivity index (χ0) is 19.1. The van der Waals surface area contributed by atoms with Crippen molar-refractivity contribution in [1.29, 1.82) is 0 Å². The molecule has 5 rings (SSSR count). The number of anilines is 1. The van der Waals surface area contributed by atoms with Crippen molar-refractivity contribution in [3.05, 3.63) is 90.4 Å². The van der Waals surface area contributed by atoms with E-state index in [1.165, 1.54) is 6.07 Å². The number of benzene rings is 2. The molecule has 138 valence electrons. The van der Waals surface area contributed by atoms with E-state index in [-0.39, 0.29) is 23.6 Å². The average molecular weight is 371 g/mol. The number of hydrogen-bond donors (Lipinski definition) is 1. The lowest BCUT2D eigenvalue weighted by atomic mass is 10.1. The van der Waals surface area contributed by atoms with E-state index in [1.807, 2.05) is 65.2 Å². The molecule has 0 bridgehead atoms. The highest BCUT2D eigenvalue weighted by atomic mass is 19.1. The van der Waals surface area contributed by atoms with Crippen LogP contribution in [0.1, 0.15) is 17.9 Å². The zero-order valence-corrected chi connectivity index (χ0v) is 15.0. The second kappa shape index (κ2) is 6.60. The summed E-state index contributed by atoms with van der Waals surface area (Å²) in [5, 5.41) is 3.05. The van der Waals surface area contributed by atoms with Gasteiger partial charge in [0.05, 0.1) is 0 Å². The van der Waals surface area contributed by atoms with E-state index in [2.05, 4.69) is 5.32 Å². The Morgan fingerprint density at radius 1 is 1.00 bits per heavy atom.